The van der Waals surface area contributed by atoms with Crippen LogP contribution in [0.4, 0.5) is 0 Å². The molecule has 0 saturated carbocycles. The van der Waals surface area contributed by atoms with E-state index in [1.165, 1.54) is 0 Å². The van der Waals surface area contributed by atoms with Crippen molar-refractivity contribution in [1.82, 2.24) is 0 Å². The molecular formula is C13H17N3O3. The summed E-state index contributed by atoms with van der Waals surface area (Å²) in [5.74, 6) is -3.19. The Bertz CT molecular complexity index is 532. The number of carbonyl (C=O) groups is 2. The highest BCUT2D eigenvalue weighted by Gasteiger charge is 2.49. The average Bonchev–Trinajstić information content (AvgIpc) is 2.68. The number of primary amides is 1. The molecule has 19 heavy (non-hydrogen) atoms. The molecule has 1 amide bonds. The number of fused-ring (bicyclic) bond motifs is 1. The van der Waals surface area contributed by atoms with Gasteiger partial charge in [0, 0.05) is 0 Å². The monoisotopic (exact) mass is 263 g/mol. The number of hydrogen-bond acceptors (Lipinski definition) is 4. The number of benzene rings is 1. The molecule has 6 heteroatoms. The van der Waals surface area contributed by atoms with E-state index < -0.39 is 29.4 Å². The maximum Gasteiger partial charge on any atom is 0.321 e. The van der Waals surface area contributed by atoms with Crippen LogP contribution in [0.2, 0.25) is 0 Å². The van der Waals surface area contributed by atoms with E-state index >= 15 is 0 Å². The van der Waals surface area contributed by atoms with Crippen molar-refractivity contribution in [3.8, 4) is 0 Å². The van der Waals surface area contributed by atoms with Crippen LogP contribution in [0.25, 0.3) is 0 Å². The smallest absolute Gasteiger partial charge is 0.321 e. The van der Waals surface area contributed by atoms with Crippen molar-refractivity contribution in [1.29, 1.82) is 0 Å². The Morgan fingerprint density at radius 1 is 1.32 bits per heavy atom. The SMILES string of the molecule is NC(=O)C([C@H](N)C(=O)O)C1(N)CCc2ccccc21. The van der Waals surface area contributed by atoms with Crippen LogP contribution in [0, 0.1) is 5.92 Å². The Morgan fingerprint density at radius 2 is 1.95 bits per heavy atom. The zero-order chi connectivity index (χ0) is 14.2. The van der Waals surface area contributed by atoms with Crippen LogP contribution in [0.1, 0.15) is 17.5 Å². The zero-order valence-corrected chi connectivity index (χ0v) is 10.4. The number of rotatable bonds is 4. The van der Waals surface area contributed by atoms with Crippen molar-refractivity contribution < 1.29 is 14.7 Å². The fraction of sp³-hybridized carbons (Fsp3) is 0.385. The number of hydrogen-bond donors (Lipinski definition) is 4. The van der Waals surface area contributed by atoms with Gasteiger partial charge in [0.15, 0.2) is 0 Å². The lowest BCUT2D eigenvalue weighted by Gasteiger charge is -2.35. The van der Waals surface area contributed by atoms with E-state index in [9.17, 15) is 9.59 Å². The van der Waals surface area contributed by atoms with Crippen molar-refractivity contribution in [2.24, 2.45) is 23.1 Å². The molecule has 0 radical (unpaired) electrons. The molecule has 7 N–H and O–H groups in total. The summed E-state index contributed by atoms with van der Waals surface area (Å²) in [6, 6.07) is 5.98. The number of aliphatic carboxylic acids is 1. The molecule has 0 aromatic heterocycles. The fourth-order valence-electron chi connectivity index (χ4n) is 2.89. The third-order valence-electron chi connectivity index (χ3n) is 3.83. The lowest BCUT2D eigenvalue weighted by molar-refractivity contribution is -0.144. The Morgan fingerprint density at radius 3 is 2.53 bits per heavy atom. The van der Waals surface area contributed by atoms with Crippen molar-refractivity contribution in [3.05, 3.63) is 35.4 Å². The molecule has 2 unspecified atom stereocenters. The van der Waals surface area contributed by atoms with Gasteiger partial charge < -0.3 is 22.3 Å². The molecule has 0 heterocycles. The van der Waals surface area contributed by atoms with Gasteiger partial charge in [0.25, 0.3) is 0 Å². The standard InChI is InChI=1S/C13H17N3O3/c14-10(12(18)19)9(11(15)17)13(16)6-5-7-3-1-2-4-8(7)13/h1-4,9-10H,5-6,14,16H2,(H2,15,17)(H,18,19)/t9?,10-,13?/m0/s1. The van der Waals surface area contributed by atoms with Gasteiger partial charge in [0.2, 0.25) is 5.91 Å². The van der Waals surface area contributed by atoms with Crippen molar-refractivity contribution in [3.63, 3.8) is 0 Å². The lowest BCUT2D eigenvalue weighted by Crippen LogP contribution is -2.58. The Hall–Kier alpha value is -1.92. The summed E-state index contributed by atoms with van der Waals surface area (Å²) < 4.78 is 0. The first-order valence-corrected chi connectivity index (χ1v) is 6.03. The fourth-order valence-corrected chi connectivity index (χ4v) is 2.89. The largest absolute Gasteiger partial charge is 0.480 e. The average molecular weight is 263 g/mol. The first-order valence-electron chi connectivity index (χ1n) is 6.03. The summed E-state index contributed by atoms with van der Waals surface area (Å²) in [6.07, 6.45) is 1.14. The summed E-state index contributed by atoms with van der Waals surface area (Å²) in [4.78, 5) is 22.7. The van der Waals surface area contributed by atoms with Crippen molar-refractivity contribution >= 4 is 11.9 Å². The van der Waals surface area contributed by atoms with E-state index in [2.05, 4.69) is 0 Å². The molecule has 1 aromatic rings. The molecule has 3 atom stereocenters. The molecule has 0 fully saturated rings. The predicted octanol–water partition coefficient (Wildman–Crippen LogP) is -0.700. The molecule has 102 valence electrons. The Labute approximate surface area is 110 Å². The second-order valence-electron chi connectivity index (χ2n) is 4.94. The first kappa shape index (κ1) is 13.5. The highest BCUT2D eigenvalue weighted by Crippen LogP contribution is 2.41. The molecule has 0 saturated heterocycles. The van der Waals surface area contributed by atoms with Gasteiger partial charge in [-0.15, -0.1) is 0 Å². The van der Waals surface area contributed by atoms with Gasteiger partial charge in [-0.2, -0.15) is 0 Å². The molecule has 1 aromatic carbocycles. The highest BCUT2D eigenvalue weighted by atomic mass is 16.4. The van der Waals surface area contributed by atoms with Crippen LogP contribution < -0.4 is 17.2 Å². The number of amides is 1. The van der Waals surface area contributed by atoms with Gasteiger partial charge in [0.05, 0.1) is 11.5 Å². The molecule has 1 aliphatic carbocycles. The second kappa shape index (κ2) is 4.64. The minimum Gasteiger partial charge on any atom is -0.480 e. The maximum absolute atomic E-state index is 11.6. The van der Waals surface area contributed by atoms with Crippen LogP contribution >= 0.6 is 0 Å². The van der Waals surface area contributed by atoms with Crippen molar-refractivity contribution in [2.45, 2.75) is 24.4 Å². The third-order valence-corrected chi connectivity index (χ3v) is 3.83. The van der Waals surface area contributed by atoms with E-state index in [1.54, 1.807) is 12.1 Å². The van der Waals surface area contributed by atoms with E-state index in [0.717, 1.165) is 11.1 Å². The summed E-state index contributed by atoms with van der Waals surface area (Å²) in [5, 5.41) is 9.04. The van der Waals surface area contributed by atoms with E-state index in [1.807, 2.05) is 12.1 Å². The summed E-state index contributed by atoms with van der Waals surface area (Å²) >= 11 is 0. The van der Waals surface area contributed by atoms with Crippen LogP contribution in [-0.4, -0.2) is 23.0 Å². The highest BCUT2D eigenvalue weighted by molar-refractivity contribution is 5.87. The van der Waals surface area contributed by atoms with Gasteiger partial charge in [-0.3, -0.25) is 9.59 Å². The van der Waals surface area contributed by atoms with Gasteiger partial charge in [-0.25, -0.2) is 0 Å². The molecule has 0 spiro atoms. The molecule has 0 aliphatic heterocycles. The lowest BCUT2D eigenvalue weighted by atomic mass is 9.75. The van der Waals surface area contributed by atoms with E-state index in [-0.39, 0.29) is 0 Å². The van der Waals surface area contributed by atoms with Gasteiger partial charge in [-0.1, -0.05) is 24.3 Å². The number of carboxylic acid groups (broad SMARTS) is 1. The molecule has 0 bridgehead atoms. The van der Waals surface area contributed by atoms with Crippen LogP contribution in [0.3, 0.4) is 0 Å². The number of carbonyl (C=O) groups excluding carboxylic acids is 1. The molecule has 1 aliphatic rings. The Kier molecular flexibility index (Phi) is 3.30. The normalized spacial score (nSPS) is 24.5. The van der Waals surface area contributed by atoms with E-state index in [0.29, 0.717) is 12.8 Å². The molecule has 2 rings (SSSR count). The van der Waals surface area contributed by atoms with Crippen LogP contribution in [-0.2, 0) is 21.5 Å². The minimum atomic E-state index is -1.41. The Balaban J connectivity index is 2.49. The summed E-state index contributed by atoms with van der Waals surface area (Å²) in [6.45, 7) is 0. The molecular weight excluding hydrogens is 246 g/mol. The first-order chi connectivity index (χ1) is 8.88. The van der Waals surface area contributed by atoms with Gasteiger partial charge >= 0.3 is 5.97 Å². The minimum absolute atomic E-state index is 0.459. The number of aryl methyl sites for hydroxylation is 1. The summed E-state index contributed by atoms with van der Waals surface area (Å²) in [5.41, 5.74) is 17.9. The quantitative estimate of drug-likeness (QED) is 0.570. The number of carboxylic acids is 1. The number of nitrogens with two attached hydrogens (primary N) is 3. The predicted molar refractivity (Wildman–Crippen MR) is 68.9 cm³/mol. The van der Waals surface area contributed by atoms with Gasteiger partial charge in [-0.05, 0) is 24.0 Å². The zero-order valence-electron chi connectivity index (χ0n) is 10.4. The maximum atomic E-state index is 11.6. The third kappa shape index (κ3) is 2.09. The topological polar surface area (TPSA) is 132 Å². The van der Waals surface area contributed by atoms with Gasteiger partial charge in [0.1, 0.15) is 6.04 Å². The van der Waals surface area contributed by atoms with Crippen molar-refractivity contribution in [2.75, 3.05) is 0 Å². The molecule has 6 nitrogen and oxygen atoms in total. The van der Waals surface area contributed by atoms with E-state index in [4.69, 9.17) is 22.3 Å². The van der Waals surface area contributed by atoms with Crippen LogP contribution in [0.5, 0.6) is 0 Å². The summed E-state index contributed by atoms with van der Waals surface area (Å²) in [7, 11) is 0. The van der Waals surface area contributed by atoms with Crippen LogP contribution in [0.15, 0.2) is 24.3 Å². The second-order valence-corrected chi connectivity index (χ2v) is 4.94.